The largest absolute Gasteiger partial charge is 0.351 e. The summed E-state index contributed by atoms with van der Waals surface area (Å²) in [6.45, 7) is 7.66. The molecule has 0 aliphatic rings. The van der Waals surface area contributed by atoms with Crippen molar-refractivity contribution >= 4 is 25.9 Å². The van der Waals surface area contributed by atoms with Crippen molar-refractivity contribution in [2.24, 2.45) is 0 Å². The van der Waals surface area contributed by atoms with Gasteiger partial charge >= 0.3 is 10.2 Å². The number of benzene rings is 1. The average Bonchev–Trinajstić information content (AvgIpc) is 2.63. The highest BCUT2D eigenvalue weighted by atomic mass is 32.3. The summed E-state index contributed by atoms with van der Waals surface area (Å²) in [4.78, 5) is 1.62. The molecule has 0 aromatic heterocycles. The number of hydrogen-bond acceptors (Lipinski definition) is 7. The standard InChI is InChI=1S/C19H33N5O4S2/c1-16(20)15-19(3,18-11-8-7-9-12-18)23(5)17(2)22-30(27,28)24(29(6,25)26)14-10-13-21-4/h7-9,11-12,20-22H,2,10,13-15H2,1,3-6H3. The summed E-state index contributed by atoms with van der Waals surface area (Å²) in [6.07, 6.45) is 1.50. The molecule has 1 rings (SSSR count). The van der Waals surface area contributed by atoms with Crippen molar-refractivity contribution in [3.05, 3.63) is 48.3 Å². The van der Waals surface area contributed by atoms with Crippen molar-refractivity contribution in [1.82, 2.24) is 18.6 Å². The number of rotatable bonds is 13. The summed E-state index contributed by atoms with van der Waals surface area (Å²) in [5.74, 6) is 0.00451. The summed E-state index contributed by atoms with van der Waals surface area (Å²) in [5, 5.41) is 10.8. The van der Waals surface area contributed by atoms with E-state index in [1.165, 1.54) is 0 Å². The molecule has 0 spiro atoms. The normalized spacial score (nSPS) is 14.2. The summed E-state index contributed by atoms with van der Waals surface area (Å²) >= 11 is 0. The van der Waals surface area contributed by atoms with Crippen LogP contribution in [0.4, 0.5) is 0 Å². The third kappa shape index (κ3) is 6.79. The van der Waals surface area contributed by atoms with Crippen molar-refractivity contribution < 1.29 is 16.8 Å². The van der Waals surface area contributed by atoms with Crippen LogP contribution in [0.3, 0.4) is 0 Å². The highest BCUT2D eigenvalue weighted by Gasteiger charge is 2.36. The molecule has 0 fully saturated rings. The molecule has 0 bridgehead atoms. The molecule has 0 amide bonds. The molecule has 0 saturated carbocycles. The third-order valence-corrected chi connectivity index (χ3v) is 8.34. The lowest BCUT2D eigenvalue weighted by molar-refractivity contribution is 0.185. The Balaban J connectivity index is 3.21. The molecule has 0 saturated heterocycles. The van der Waals surface area contributed by atoms with Crippen LogP contribution in [0, 0.1) is 5.41 Å². The van der Waals surface area contributed by atoms with E-state index < -0.39 is 25.8 Å². The van der Waals surface area contributed by atoms with E-state index >= 15 is 0 Å². The maximum Gasteiger partial charge on any atom is 0.315 e. The van der Waals surface area contributed by atoms with Crippen molar-refractivity contribution in [2.45, 2.75) is 32.2 Å². The molecule has 1 aromatic carbocycles. The summed E-state index contributed by atoms with van der Waals surface area (Å²) in [6, 6.07) is 9.37. The van der Waals surface area contributed by atoms with E-state index in [0.717, 1.165) is 11.8 Å². The van der Waals surface area contributed by atoms with Gasteiger partial charge in [-0.1, -0.05) is 40.6 Å². The lowest BCUT2D eigenvalue weighted by Crippen LogP contribution is -2.50. The molecule has 3 N–H and O–H groups in total. The Morgan fingerprint density at radius 1 is 1.20 bits per heavy atom. The Kier molecular flexibility index (Phi) is 9.03. The van der Waals surface area contributed by atoms with Gasteiger partial charge in [0.05, 0.1) is 11.8 Å². The van der Waals surface area contributed by atoms with E-state index in [1.807, 2.05) is 37.3 Å². The first kappa shape index (κ1) is 26.1. The van der Waals surface area contributed by atoms with E-state index in [1.54, 1.807) is 25.9 Å². The molecule has 0 aliphatic carbocycles. The molecule has 0 radical (unpaired) electrons. The fourth-order valence-corrected chi connectivity index (χ4v) is 6.05. The number of nitrogens with zero attached hydrogens (tertiary/aromatic N) is 2. The Morgan fingerprint density at radius 3 is 2.23 bits per heavy atom. The molecular weight excluding hydrogens is 426 g/mol. The summed E-state index contributed by atoms with van der Waals surface area (Å²) < 4.78 is 52.7. The smallest absolute Gasteiger partial charge is 0.315 e. The zero-order chi connectivity index (χ0) is 23.2. The molecule has 30 heavy (non-hydrogen) atoms. The van der Waals surface area contributed by atoms with Gasteiger partial charge in [0.2, 0.25) is 10.0 Å². The Hall–Kier alpha value is -1.95. The molecule has 11 heteroatoms. The third-order valence-electron chi connectivity index (χ3n) is 4.80. The lowest BCUT2D eigenvalue weighted by atomic mass is 9.85. The predicted molar refractivity (Wildman–Crippen MR) is 121 cm³/mol. The highest BCUT2D eigenvalue weighted by Crippen LogP contribution is 2.33. The van der Waals surface area contributed by atoms with Gasteiger partial charge < -0.3 is 15.6 Å². The first-order valence-electron chi connectivity index (χ1n) is 9.43. The van der Waals surface area contributed by atoms with Crippen molar-refractivity contribution in [3.8, 4) is 0 Å². The highest BCUT2D eigenvalue weighted by molar-refractivity contribution is 8.02. The van der Waals surface area contributed by atoms with Crippen LogP contribution in [-0.4, -0.2) is 64.6 Å². The van der Waals surface area contributed by atoms with Crippen molar-refractivity contribution in [1.29, 1.82) is 5.41 Å². The zero-order valence-corrected chi connectivity index (χ0v) is 19.9. The van der Waals surface area contributed by atoms with Gasteiger partial charge in [-0.15, -0.1) is 0 Å². The lowest BCUT2D eigenvalue weighted by Gasteiger charge is -2.42. The van der Waals surface area contributed by atoms with Gasteiger partial charge in [0.15, 0.2) is 0 Å². The van der Waals surface area contributed by atoms with E-state index in [2.05, 4.69) is 16.6 Å². The quantitative estimate of drug-likeness (QED) is 0.303. The van der Waals surface area contributed by atoms with Crippen LogP contribution in [-0.2, 0) is 25.8 Å². The second kappa shape index (κ2) is 10.4. The number of nitrogens with one attached hydrogen (secondary N) is 3. The van der Waals surface area contributed by atoms with Crippen LogP contribution in [0.1, 0.15) is 32.3 Å². The van der Waals surface area contributed by atoms with E-state index in [-0.39, 0.29) is 12.4 Å². The molecule has 0 heterocycles. The van der Waals surface area contributed by atoms with Gasteiger partial charge in [-0.25, -0.2) is 8.42 Å². The van der Waals surface area contributed by atoms with E-state index in [0.29, 0.717) is 28.8 Å². The van der Waals surface area contributed by atoms with Crippen LogP contribution >= 0.6 is 0 Å². The summed E-state index contributed by atoms with van der Waals surface area (Å²) in [5.41, 5.74) is 0.511. The van der Waals surface area contributed by atoms with E-state index in [4.69, 9.17) is 5.41 Å². The van der Waals surface area contributed by atoms with Gasteiger partial charge in [-0.05, 0) is 39.4 Å². The number of hydrogen-bond donors (Lipinski definition) is 3. The molecule has 0 aliphatic heterocycles. The predicted octanol–water partition coefficient (Wildman–Crippen LogP) is 1.44. The van der Waals surface area contributed by atoms with E-state index in [9.17, 15) is 16.8 Å². The molecule has 1 atom stereocenters. The summed E-state index contributed by atoms with van der Waals surface area (Å²) in [7, 11) is -5.06. The topological polar surface area (TPSA) is 123 Å². The fraction of sp³-hybridized carbons (Fsp3) is 0.526. The fourth-order valence-electron chi connectivity index (χ4n) is 3.14. The van der Waals surface area contributed by atoms with Crippen LogP contribution in [0.25, 0.3) is 0 Å². The minimum atomic E-state index is -4.40. The van der Waals surface area contributed by atoms with Crippen molar-refractivity contribution in [3.63, 3.8) is 0 Å². The number of sulfonamides is 1. The minimum absolute atomic E-state index is 0.00451. The Bertz CT molecular complexity index is 948. The Morgan fingerprint density at radius 2 is 1.77 bits per heavy atom. The first-order valence-corrected chi connectivity index (χ1v) is 12.7. The second-order valence-electron chi connectivity index (χ2n) is 7.43. The SMILES string of the molecule is C=C(NS(=O)(=O)N(CCCNC)S(C)(=O)=O)N(C)C(C)(CC(C)=N)c1ccccc1. The van der Waals surface area contributed by atoms with Gasteiger partial charge in [-0.3, -0.25) is 4.72 Å². The first-order chi connectivity index (χ1) is 13.8. The van der Waals surface area contributed by atoms with Crippen LogP contribution in [0.5, 0.6) is 0 Å². The van der Waals surface area contributed by atoms with Gasteiger partial charge in [0, 0.05) is 25.7 Å². The molecular formula is C19H33N5O4S2. The van der Waals surface area contributed by atoms with Crippen molar-refractivity contribution in [2.75, 3.05) is 33.4 Å². The maximum absolute atomic E-state index is 12.9. The van der Waals surface area contributed by atoms with Crippen LogP contribution in [0.2, 0.25) is 0 Å². The van der Waals surface area contributed by atoms with Crippen LogP contribution < -0.4 is 10.0 Å². The molecule has 9 nitrogen and oxygen atoms in total. The monoisotopic (exact) mass is 459 g/mol. The van der Waals surface area contributed by atoms with Crippen LogP contribution in [0.15, 0.2) is 42.7 Å². The maximum atomic E-state index is 12.9. The average molecular weight is 460 g/mol. The van der Waals surface area contributed by atoms with Gasteiger partial charge in [-0.2, -0.15) is 8.42 Å². The second-order valence-corrected chi connectivity index (χ2v) is 11.2. The molecule has 1 aromatic rings. The molecule has 170 valence electrons. The van der Waals surface area contributed by atoms with Gasteiger partial charge in [0.1, 0.15) is 5.82 Å². The molecule has 1 unspecified atom stereocenters. The minimum Gasteiger partial charge on any atom is -0.351 e. The zero-order valence-electron chi connectivity index (χ0n) is 18.3. The van der Waals surface area contributed by atoms with Gasteiger partial charge in [0.25, 0.3) is 0 Å². The Labute approximate surface area is 180 Å².